The summed E-state index contributed by atoms with van der Waals surface area (Å²) in [5, 5.41) is 2.98. The van der Waals surface area contributed by atoms with Gasteiger partial charge in [-0.25, -0.2) is 0 Å². The van der Waals surface area contributed by atoms with Gasteiger partial charge in [0.25, 0.3) is 0 Å². The second-order valence-corrected chi connectivity index (χ2v) is 4.75. The van der Waals surface area contributed by atoms with Crippen LogP contribution in [0.3, 0.4) is 0 Å². The third kappa shape index (κ3) is 5.50. The summed E-state index contributed by atoms with van der Waals surface area (Å²) in [6.07, 6.45) is 1.78. The molecule has 0 bridgehead atoms. The number of nitrogens with two attached hydrogens (primary N) is 1. The van der Waals surface area contributed by atoms with Crippen molar-refractivity contribution in [3.8, 4) is 0 Å². The summed E-state index contributed by atoms with van der Waals surface area (Å²) in [6.45, 7) is 12.6. The summed E-state index contributed by atoms with van der Waals surface area (Å²) in [7, 11) is 0. The Morgan fingerprint density at radius 2 is 1.88 bits per heavy atom. The number of hydrogen-bond donors (Lipinski definition) is 2. The van der Waals surface area contributed by atoms with Crippen LogP contribution < -0.4 is 11.1 Å². The van der Waals surface area contributed by atoms with Gasteiger partial charge < -0.3 is 16.0 Å². The van der Waals surface area contributed by atoms with Gasteiger partial charge in [-0.15, -0.1) is 0 Å². The molecule has 102 valence electrons. The minimum Gasteiger partial charge on any atom is -0.356 e. The maximum Gasteiger partial charge on any atom is 0.227 e. The smallest absolute Gasteiger partial charge is 0.227 e. The first-order valence-corrected chi connectivity index (χ1v) is 6.74. The Kier molecular flexibility index (Phi) is 8.17. The molecule has 1 atom stereocenters. The number of rotatable bonds is 9. The molecular formula is C13H29N3O. The molecule has 0 aliphatic carbocycles. The summed E-state index contributed by atoms with van der Waals surface area (Å²) >= 11 is 0. The van der Waals surface area contributed by atoms with Crippen molar-refractivity contribution < 1.29 is 4.79 Å². The average Bonchev–Trinajstić information content (AvgIpc) is 2.37. The Morgan fingerprint density at radius 1 is 1.29 bits per heavy atom. The molecule has 0 heterocycles. The second-order valence-electron chi connectivity index (χ2n) is 4.75. The van der Waals surface area contributed by atoms with Crippen LogP contribution in [0.4, 0.5) is 0 Å². The summed E-state index contributed by atoms with van der Waals surface area (Å²) in [6, 6.07) is 0. The number of amides is 1. The van der Waals surface area contributed by atoms with Gasteiger partial charge in [-0.2, -0.15) is 0 Å². The van der Waals surface area contributed by atoms with Crippen LogP contribution in [0, 0.1) is 5.41 Å². The Hall–Kier alpha value is -0.610. The van der Waals surface area contributed by atoms with Gasteiger partial charge in [0.15, 0.2) is 0 Å². The van der Waals surface area contributed by atoms with E-state index < -0.39 is 5.41 Å². The molecule has 1 unspecified atom stereocenters. The number of carbonyl (C=O) groups is 1. The molecule has 0 aromatic heterocycles. The van der Waals surface area contributed by atoms with E-state index in [2.05, 4.69) is 24.1 Å². The Balaban J connectivity index is 3.85. The largest absolute Gasteiger partial charge is 0.356 e. The molecule has 4 heteroatoms. The highest BCUT2D eigenvalue weighted by molar-refractivity contribution is 5.82. The van der Waals surface area contributed by atoms with Crippen molar-refractivity contribution in [3.63, 3.8) is 0 Å². The molecule has 0 aliphatic heterocycles. The lowest BCUT2D eigenvalue weighted by Gasteiger charge is -2.25. The van der Waals surface area contributed by atoms with E-state index >= 15 is 0 Å². The molecule has 1 amide bonds. The van der Waals surface area contributed by atoms with E-state index in [9.17, 15) is 4.79 Å². The Labute approximate surface area is 106 Å². The predicted octanol–water partition coefficient (Wildman–Crippen LogP) is 1.21. The summed E-state index contributed by atoms with van der Waals surface area (Å²) in [5.74, 6) is 0.0852. The first-order chi connectivity index (χ1) is 8.03. The molecule has 3 N–H and O–H groups in total. The normalized spacial score (nSPS) is 14.7. The molecule has 0 aliphatic rings. The number of nitrogens with zero attached hydrogens (tertiary/aromatic N) is 1. The zero-order valence-electron chi connectivity index (χ0n) is 11.9. The quantitative estimate of drug-likeness (QED) is 0.598. The monoisotopic (exact) mass is 243 g/mol. The summed E-state index contributed by atoms with van der Waals surface area (Å²) < 4.78 is 0. The molecule has 0 aromatic rings. The predicted molar refractivity (Wildman–Crippen MR) is 72.9 cm³/mol. The summed E-state index contributed by atoms with van der Waals surface area (Å²) in [4.78, 5) is 14.3. The van der Waals surface area contributed by atoms with E-state index in [0.29, 0.717) is 6.54 Å². The molecule has 0 radical (unpaired) electrons. The molecule has 0 saturated heterocycles. The lowest BCUT2D eigenvalue weighted by Crippen LogP contribution is -2.44. The number of carbonyl (C=O) groups excluding carboxylic acids is 1. The molecular weight excluding hydrogens is 214 g/mol. The van der Waals surface area contributed by atoms with Gasteiger partial charge in [-0.05, 0) is 39.4 Å². The average molecular weight is 243 g/mol. The van der Waals surface area contributed by atoms with Crippen molar-refractivity contribution in [2.75, 3.05) is 32.7 Å². The minimum atomic E-state index is -0.408. The maximum atomic E-state index is 11.9. The van der Waals surface area contributed by atoms with Crippen molar-refractivity contribution in [3.05, 3.63) is 0 Å². The van der Waals surface area contributed by atoms with Gasteiger partial charge in [0.1, 0.15) is 0 Å². The third-order valence-electron chi connectivity index (χ3n) is 3.61. The fraction of sp³-hybridized carbons (Fsp3) is 0.923. The van der Waals surface area contributed by atoms with Crippen LogP contribution in [0.25, 0.3) is 0 Å². The summed E-state index contributed by atoms with van der Waals surface area (Å²) in [5.41, 5.74) is 5.24. The lowest BCUT2D eigenvalue weighted by molar-refractivity contribution is -0.129. The maximum absolute atomic E-state index is 11.9. The van der Waals surface area contributed by atoms with Crippen molar-refractivity contribution >= 4 is 5.91 Å². The molecule has 17 heavy (non-hydrogen) atoms. The Morgan fingerprint density at radius 3 is 2.29 bits per heavy atom. The minimum absolute atomic E-state index is 0.0852. The van der Waals surface area contributed by atoms with Crippen LogP contribution >= 0.6 is 0 Å². The van der Waals surface area contributed by atoms with Crippen molar-refractivity contribution in [2.45, 2.75) is 40.5 Å². The van der Waals surface area contributed by atoms with E-state index in [1.165, 1.54) is 0 Å². The molecule has 0 fully saturated rings. The van der Waals surface area contributed by atoms with Gasteiger partial charge in [0.05, 0.1) is 5.41 Å². The molecule has 0 rings (SSSR count). The SMILES string of the molecule is CCN(CC)CCCNC(=O)C(C)(CC)CN. The van der Waals surface area contributed by atoms with Gasteiger partial charge >= 0.3 is 0 Å². The third-order valence-corrected chi connectivity index (χ3v) is 3.61. The van der Waals surface area contributed by atoms with E-state index in [1.54, 1.807) is 0 Å². The zero-order valence-corrected chi connectivity index (χ0v) is 11.9. The van der Waals surface area contributed by atoms with E-state index in [4.69, 9.17) is 5.73 Å². The van der Waals surface area contributed by atoms with E-state index in [0.717, 1.165) is 39.0 Å². The van der Waals surface area contributed by atoms with Crippen LogP contribution in [0.5, 0.6) is 0 Å². The van der Waals surface area contributed by atoms with Crippen molar-refractivity contribution in [1.29, 1.82) is 0 Å². The number of nitrogens with one attached hydrogen (secondary N) is 1. The fourth-order valence-electron chi connectivity index (χ4n) is 1.66. The molecule has 4 nitrogen and oxygen atoms in total. The van der Waals surface area contributed by atoms with Crippen molar-refractivity contribution in [1.82, 2.24) is 10.2 Å². The van der Waals surface area contributed by atoms with Gasteiger partial charge in [0, 0.05) is 13.1 Å². The van der Waals surface area contributed by atoms with Crippen LogP contribution in [0.15, 0.2) is 0 Å². The van der Waals surface area contributed by atoms with Crippen molar-refractivity contribution in [2.24, 2.45) is 11.1 Å². The highest BCUT2D eigenvalue weighted by Gasteiger charge is 2.28. The fourth-order valence-corrected chi connectivity index (χ4v) is 1.66. The van der Waals surface area contributed by atoms with Crippen LogP contribution in [-0.4, -0.2) is 43.5 Å². The molecule has 0 saturated carbocycles. The Bertz CT molecular complexity index is 211. The van der Waals surface area contributed by atoms with Gasteiger partial charge in [-0.1, -0.05) is 20.8 Å². The first-order valence-electron chi connectivity index (χ1n) is 6.74. The van der Waals surface area contributed by atoms with E-state index in [-0.39, 0.29) is 5.91 Å². The molecule has 0 aromatic carbocycles. The highest BCUT2D eigenvalue weighted by atomic mass is 16.2. The van der Waals surface area contributed by atoms with Gasteiger partial charge in [0.2, 0.25) is 5.91 Å². The first kappa shape index (κ1) is 16.4. The topological polar surface area (TPSA) is 58.4 Å². The highest BCUT2D eigenvalue weighted by Crippen LogP contribution is 2.18. The lowest BCUT2D eigenvalue weighted by atomic mass is 9.87. The van der Waals surface area contributed by atoms with Crippen LogP contribution in [0.1, 0.15) is 40.5 Å². The van der Waals surface area contributed by atoms with Crippen LogP contribution in [0.2, 0.25) is 0 Å². The molecule has 0 spiro atoms. The number of hydrogen-bond acceptors (Lipinski definition) is 3. The van der Waals surface area contributed by atoms with E-state index in [1.807, 2.05) is 13.8 Å². The van der Waals surface area contributed by atoms with Crippen LogP contribution in [-0.2, 0) is 4.79 Å². The standard InChI is InChI=1S/C13H29N3O/c1-5-13(4,11-14)12(17)15-9-8-10-16(6-2)7-3/h5-11,14H2,1-4H3,(H,15,17). The van der Waals surface area contributed by atoms with Gasteiger partial charge in [-0.3, -0.25) is 4.79 Å². The zero-order chi connectivity index (χ0) is 13.3. The second kappa shape index (κ2) is 8.48.